The van der Waals surface area contributed by atoms with Crippen molar-refractivity contribution in [2.75, 3.05) is 5.75 Å². The van der Waals surface area contributed by atoms with Crippen LogP contribution < -0.4 is 10.5 Å². The van der Waals surface area contributed by atoms with Gasteiger partial charge in [-0.15, -0.1) is 10.2 Å². The zero-order valence-corrected chi connectivity index (χ0v) is 16.4. The van der Waals surface area contributed by atoms with E-state index < -0.39 is 5.91 Å². The highest BCUT2D eigenvalue weighted by Crippen LogP contribution is 2.26. The lowest BCUT2D eigenvalue weighted by atomic mass is 10.1. The number of para-hydroxylation sites is 1. The number of rotatable bonds is 7. The zero-order valence-electron chi connectivity index (χ0n) is 15.6. The molecule has 2 N–H and O–H groups in total. The van der Waals surface area contributed by atoms with Gasteiger partial charge in [-0.1, -0.05) is 42.1 Å². The van der Waals surface area contributed by atoms with Crippen molar-refractivity contribution < 1.29 is 9.53 Å². The first kappa shape index (κ1) is 19.0. The van der Waals surface area contributed by atoms with Gasteiger partial charge in [0.2, 0.25) is 5.91 Å². The Hall–Kier alpha value is -2.80. The van der Waals surface area contributed by atoms with Crippen molar-refractivity contribution in [3.05, 3.63) is 65.0 Å². The molecule has 0 saturated carbocycles. The molecule has 0 saturated heterocycles. The number of carbonyl (C=O) groups excluding carboxylic acids is 1. The van der Waals surface area contributed by atoms with E-state index in [-0.39, 0.29) is 12.4 Å². The first-order valence-corrected chi connectivity index (χ1v) is 9.55. The van der Waals surface area contributed by atoms with Gasteiger partial charge >= 0.3 is 0 Å². The van der Waals surface area contributed by atoms with Crippen LogP contribution in [0.25, 0.3) is 5.69 Å². The second kappa shape index (κ2) is 8.26. The molecule has 0 spiro atoms. The third-order valence-corrected chi connectivity index (χ3v) is 5.05. The van der Waals surface area contributed by atoms with E-state index in [0.717, 1.165) is 28.1 Å². The van der Waals surface area contributed by atoms with Crippen LogP contribution in [0.2, 0.25) is 0 Å². The van der Waals surface area contributed by atoms with Crippen LogP contribution in [0.4, 0.5) is 0 Å². The number of aromatic nitrogens is 3. The zero-order chi connectivity index (χ0) is 19.4. The highest BCUT2D eigenvalue weighted by molar-refractivity contribution is 7.99. The second-order valence-corrected chi connectivity index (χ2v) is 7.28. The summed E-state index contributed by atoms with van der Waals surface area (Å²) in [5, 5.41) is 9.18. The predicted molar refractivity (Wildman–Crippen MR) is 106 cm³/mol. The van der Waals surface area contributed by atoms with E-state index >= 15 is 0 Å². The second-order valence-electron chi connectivity index (χ2n) is 6.33. The number of ether oxygens (including phenoxy) is 1. The Bertz CT molecular complexity index is 968. The van der Waals surface area contributed by atoms with Gasteiger partial charge in [0, 0.05) is 0 Å². The number of primary amides is 1. The third kappa shape index (κ3) is 4.49. The molecular formula is C20H22N4O2S. The fourth-order valence-corrected chi connectivity index (χ4v) is 3.39. The average Bonchev–Trinajstić information content (AvgIpc) is 3.04. The maximum Gasteiger partial charge on any atom is 0.227 e. The molecule has 6 nitrogen and oxygen atoms in total. The van der Waals surface area contributed by atoms with Crippen LogP contribution in [-0.4, -0.2) is 26.4 Å². The van der Waals surface area contributed by atoms with E-state index in [1.54, 1.807) is 0 Å². The highest BCUT2D eigenvalue weighted by Gasteiger charge is 2.17. The van der Waals surface area contributed by atoms with Crippen LogP contribution in [0.15, 0.2) is 47.6 Å². The lowest BCUT2D eigenvalue weighted by Crippen LogP contribution is -2.14. The molecule has 1 heterocycles. The van der Waals surface area contributed by atoms with Crippen LogP contribution in [-0.2, 0) is 11.4 Å². The Kier molecular flexibility index (Phi) is 5.81. The van der Waals surface area contributed by atoms with E-state index in [2.05, 4.69) is 28.4 Å². The van der Waals surface area contributed by atoms with Crippen LogP contribution in [0.3, 0.4) is 0 Å². The minimum atomic E-state index is -0.395. The van der Waals surface area contributed by atoms with Crippen molar-refractivity contribution >= 4 is 17.7 Å². The molecule has 0 atom stereocenters. The van der Waals surface area contributed by atoms with Gasteiger partial charge < -0.3 is 10.5 Å². The van der Waals surface area contributed by atoms with E-state index in [0.29, 0.717) is 11.0 Å². The normalized spacial score (nSPS) is 10.8. The minimum absolute atomic E-state index is 0.141. The van der Waals surface area contributed by atoms with Crippen LogP contribution in [0.1, 0.15) is 22.5 Å². The van der Waals surface area contributed by atoms with Gasteiger partial charge in [-0.25, -0.2) is 0 Å². The van der Waals surface area contributed by atoms with Gasteiger partial charge in [-0.2, -0.15) is 0 Å². The monoisotopic (exact) mass is 382 g/mol. The molecule has 3 rings (SSSR count). The summed E-state index contributed by atoms with van der Waals surface area (Å²) in [6.07, 6.45) is 0. The molecule has 0 aliphatic carbocycles. The molecule has 1 amide bonds. The number of hydrogen-bond acceptors (Lipinski definition) is 5. The Morgan fingerprint density at radius 1 is 1.11 bits per heavy atom. The molecule has 7 heteroatoms. The summed E-state index contributed by atoms with van der Waals surface area (Å²) >= 11 is 1.27. The largest absolute Gasteiger partial charge is 0.485 e. The fourth-order valence-electron chi connectivity index (χ4n) is 2.69. The van der Waals surface area contributed by atoms with E-state index in [1.807, 2.05) is 49.6 Å². The average molecular weight is 382 g/mol. The van der Waals surface area contributed by atoms with Crippen molar-refractivity contribution in [1.29, 1.82) is 0 Å². The molecule has 0 aliphatic rings. The number of carbonyl (C=O) groups is 1. The maximum absolute atomic E-state index is 11.2. The van der Waals surface area contributed by atoms with Gasteiger partial charge in [0.05, 0.1) is 11.4 Å². The van der Waals surface area contributed by atoms with Crippen LogP contribution in [0, 0.1) is 20.8 Å². The third-order valence-electron chi connectivity index (χ3n) is 4.10. The quantitative estimate of drug-likeness (QED) is 0.634. The molecule has 0 bridgehead atoms. The van der Waals surface area contributed by atoms with Gasteiger partial charge in [-0.05, 0) is 49.6 Å². The van der Waals surface area contributed by atoms with Gasteiger partial charge in [-0.3, -0.25) is 9.36 Å². The summed E-state index contributed by atoms with van der Waals surface area (Å²) in [6.45, 7) is 6.33. The SMILES string of the molecule is Cc1ccc(C)c(-n2c(COc3ccccc3C)nnc2SCC(N)=O)c1. The van der Waals surface area contributed by atoms with Crippen molar-refractivity contribution in [2.24, 2.45) is 5.73 Å². The number of nitrogens with two attached hydrogens (primary N) is 1. The summed E-state index contributed by atoms with van der Waals surface area (Å²) in [6, 6.07) is 14.0. The van der Waals surface area contributed by atoms with Crippen molar-refractivity contribution in [3.8, 4) is 11.4 Å². The fraction of sp³-hybridized carbons (Fsp3) is 0.250. The number of hydrogen-bond donors (Lipinski definition) is 1. The maximum atomic E-state index is 11.2. The topological polar surface area (TPSA) is 83.0 Å². The first-order valence-electron chi connectivity index (χ1n) is 8.57. The molecule has 0 radical (unpaired) electrons. The van der Waals surface area contributed by atoms with Gasteiger partial charge in [0.15, 0.2) is 11.0 Å². The Balaban J connectivity index is 1.97. The van der Waals surface area contributed by atoms with E-state index in [1.165, 1.54) is 11.8 Å². The number of amides is 1. The smallest absolute Gasteiger partial charge is 0.227 e. The Morgan fingerprint density at radius 2 is 1.89 bits per heavy atom. The van der Waals surface area contributed by atoms with Gasteiger partial charge in [0.25, 0.3) is 0 Å². The van der Waals surface area contributed by atoms with Crippen molar-refractivity contribution in [1.82, 2.24) is 14.8 Å². The number of benzene rings is 2. The summed E-state index contributed by atoms with van der Waals surface area (Å²) in [7, 11) is 0. The highest BCUT2D eigenvalue weighted by atomic mass is 32.2. The number of aryl methyl sites for hydroxylation is 3. The van der Waals surface area contributed by atoms with Gasteiger partial charge in [0.1, 0.15) is 12.4 Å². The predicted octanol–water partition coefficient (Wildman–Crippen LogP) is 3.35. The molecular weight excluding hydrogens is 360 g/mol. The molecule has 0 fully saturated rings. The molecule has 0 unspecified atom stereocenters. The summed E-state index contributed by atoms with van der Waals surface area (Å²) in [4.78, 5) is 11.2. The Morgan fingerprint density at radius 3 is 2.63 bits per heavy atom. The standard InChI is InChI=1S/C20H22N4O2S/c1-13-8-9-14(2)16(10-13)24-19(22-23-20(24)27-12-18(21)25)11-26-17-7-5-4-6-15(17)3/h4-10H,11-12H2,1-3H3,(H2,21,25). The van der Waals surface area contributed by atoms with Crippen molar-refractivity contribution in [2.45, 2.75) is 32.5 Å². The number of thioether (sulfide) groups is 1. The summed E-state index contributed by atoms with van der Waals surface area (Å²) in [5.74, 6) is 1.22. The molecule has 27 heavy (non-hydrogen) atoms. The summed E-state index contributed by atoms with van der Waals surface area (Å²) < 4.78 is 7.91. The van der Waals surface area contributed by atoms with E-state index in [9.17, 15) is 4.79 Å². The lowest BCUT2D eigenvalue weighted by molar-refractivity contribution is -0.115. The lowest BCUT2D eigenvalue weighted by Gasteiger charge is -2.14. The van der Waals surface area contributed by atoms with Crippen molar-refractivity contribution in [3.63, 3.8) is 0 Å². The van der Waals surface area contributed by atoms with E-state index in [4.69, 9.17) is 10.5 Å². The molecule has 0 aliphatic heterocycles. The minimum Gasteiger partial charge on any atom is -0.485 e. The summed E-state index contributed by atoms with van der Waals surface area (Å²) in [5.41, 5.74) is 9.53. The van der Waals surface area contributed by atoms with Crippen LogP contribution in [0.5, 0.6) is 5.75 Å². The number of nitrogens with zero attached hydrogens (tertiary/aromatic N) is 3. The molecule has 3 aromatic rings. The Labute approximate surface area is 162 Å². The molecule has 2 aromatic carbocycles. The first-order chi connectivity index (χ1) is 13.0. The molecule has 1 aromatic heterocycles. The van der Waals surface area contributed by atoms with Crippen LogP contribution >= 0.6 is 11.8 Å². The molecule has 140 valence electrons.